The van der Waals surface area contributed by atoms with Crippen LogP contribution in [0.1, 0.15) is 23.6 Å². The molecule has 2 aliphatic rings. The zero-order valence-corrected chi connectivity index (χ0v) is 24.0. The van der Waals surface area contributed by atoms with Gasteiger partial charge in [0.1, 0.15) is 5.60 Å². The number of piperazine rings is 1. The Balaban J connectivity index is 1.18. The molecule has 2 heterocycles. The molecular weight excluding hydrogens is 554 g/mol. The van der Waals surface area contributed by atoms with E-state index in [-0.39, 0.29) is 6.61 Å². The van der Waals surface area contributed by atoms with Crippen LogP contribution >= 0.6 is 15.9 Å². The van der Waals surface area contributed by atoms with Crippen molar-refractivity contribution in [3.63, 3.8) is 0 Å². The van der Waals surface area contributed by atoms with E-state index in [0.717, 1.165) is 70.4 Å². The molecule has 202 valence electrons. The second-order valence-electron chi connectivity index (χ2n) is 10.6. The molecule has 6 nitrogen and oxygen atoms in total. The first-order valence-electron chi connectivity index (χ1n) is 13.5. The first kappa shape index (κ1) is 26.4. The standard InChI is InChI=1S/C32H34BrN3O3/c1-32(39-21-24(37)20-36-16-14-35(15-17-36)19-22-8-4-3-5-9-22)27-11-7-6-10-25(27)29-26-18-23(33)12-13-28(26)34-31(38-2)30(29)32/h3-13,18,24,37H,14-17,19-21H2,1-2H3. The van der Waals surface area contributed by atoms with E-state index in [0.29, 0.717) is 12.4 Å². The SMILES string of the molecule is COc1nc2ccc(Br)cc2c2c1C(C)(OCC(O)CN1CCN(Cc3ccccc3)CC1)c1ccccc1-2. The van der Waals surface area contributed by atoms with Crippen molar-refractivity contribution >= 4 is 26.8 Å². The number of fused-ring (bicyclic) bond motifs is 5. The van der Waals surface area contributed by atoms with Gasteiger partial charge in [-0.3, -0.25) is 9.80 Å². The van der Waals surface area contributed by atoms with Crippen LogP contribution in [0.2, 0.25) is 0 Å². The van der Waals surface area contributed by atoms with Gasteiger partial charge in [0.25, 0.3) is 0 Å². The minimum absolute atomic E-state index is 0.216. The Bertz CT molecular complexity index is 1470. The van der Waals surface area contributed by atoms with Crippen molar-refractivity contribution in [2.24, 2.45) is 0 Å². The fraction of sp³-hybridized carbons (Fsp3) is 0.344. The molecule has 0 amide bonds. The number of benzene rings is 3. The minimum Gasteiger partial charge on any atom is -0.481 e. The highest BCUT2D eigenvalue weighted by molar-refractivity contribution is 9.10. The highest BCUT2D eigenvalue weighted by atomic mass is 79.9. The summed E-state index contributed by atoms with van der Waals surface area (Å²) in [7, 11) is 1.66. The van der Waals surface area contributed by atoms with Crippen LogP contribution in [-0.2, 0) is 16.9 Å². The number of aliphatic hydroxyl groups is 1. The summed E-state index contributed by atoms with van der Waals surface area (Å²) in [6.07, 6.45) is -0.604. The number of aromatic nitrogens is 1. The summed E-state index contributed by atoms with van der Waals surface area (Å²) in [4.78, 5) is 9.66. The average Bonchev–Trinajstić information content (AvgIpc) is 3.23. The molecule has 1 N–H and O–H groups in total. The summed E-state index contributed by atoms with van der Waals surface area (Å²) < 4.78 is 13.5. The molecule has 1 aliphatic carbocycles. The maximum absolute atomic E-state index is 11.1. The van der Waals surface area contributed by atoms with Crippen LogP contribution in [0.3, 0.4) is 0 Å². The van der Waals surface area contributed by atoms with Gasteiger partial charge in [-0.1, -0.05) is 70.5 Å². The zero-order chi connectivity index (χ0) is 27.0. The predicted octanol–water partition coefficient (Wildman–Crippen LogP) is 5.45. The Labute approximate surface area is 238 Å². The summed E-state index contributed by atoms with van der Waals surface area (Å²) >= 11 is 3.63. The predicted molar refractivity (Wildman–Crippen MR) is 158 cm³/mol. The molecule has 1 fully saturated rings. The maximum atomic E-state index is 11.1. The lowest BCUT2D eigenvalue weighted by Gasteiger charge is -2.36. The molecule has 1 saturated heterocycles. The minimum atomic E-state index is -0.795. The fourth-order valence-corrected chi connectivity index (χ4v) is 6.43. The number of halogens is 1. The molecule has 0 bridgehead atoms. The molecule has 0 spiro atoms. The number of pyridine rings is 1. The van der Waals surface area contributed by atoms with E-state index in [2.05, 4.69) is 87.3 Å². The van der Waals surface area contributed by atoms with Crippen molar-refractivity contribution in [2.75, 3.05) is 46.4 Å². The van der Waals surface area contributed by atoms with Gasteiger partial charge in [-0.2, -0.15) is 0 Å². The van der Waals surface area contributed by atoms with Crippen molar-refractivity contribution in [3.8, 4) is 17.0 Å². The number of nitrogens with zero attached hydrogens (tertiary/aromatic N) is 3. The molecule has 39 heavy (non-hydrogen) atoms. The van der Waals surface area contributed by atoms with Crippen molar-refractivity contribution in [2.45, 2.75) is 25.2 Å². The van der Waals surface area contributed by atoms with Crippen molar-refractivity contribution in [1.82, 2.24) is 14.8 Å². The van der Waals surface area contributed by atoms with Crippen molar-refractivity contribution in [1.29, 1.82) is 0 Å². The van der Waals surface area contributed by atoms with Gasteiger partial charge in [-0.15, -0.1) is 0 Å². The summed E-state index contributed by atoms with van der Waals surface area (Å²) in [6.45, 7) is 7.70. The Hall–Kier alpha value is -2.81. The first-order valence-corrected chi connectivity index (χ1v) is 14.3. The van der Waals surface area contributed by atoms with Crippen LogP contribution in [0.25, 0.3) is 22.0 Å². The lowest BCUT2D eigenvalue weighted by atomic mass is 9.93. The normalized spacial score (nSPS) is 20.1. The molecule has 4 aromatic rings. The lowest BCUT2D eigenvalue weighted by molar-refractivity contribution is -0.0590. The van der Waals surface area contributed by atoms with E-state index < -0.39 is 11.7 Å². The summed E-state index contributed by atoms with van der Waals surface area (Å²) in [6, 6.07) is 25.0. The zero-order valence-electron chi connectivity index (χ0n) is 22.4. The van der Waals surface area contributed by atoms with E-state index in [4.69, 9.17) is 14.5 Å². The van der Waals surface area contributed by atoms with E-state index in [9.17, 15) is 5.11 Å². The molecule has 1 aromatic heterocycles. The summed E-state index contributed by atoms with van der Waals surface area (Å²) in [5.41, 5.74) is 5.60. The Morgan fingerprint density at radius 2 is 1.69 bits per heavy atom. The number of hydrogen-bond acceptors (Lipinski definition) is 6. The van der Waals surface area contributed by atoms with Gasteiger partial charge in [0, 0.05) is 54.7 Å². The third-order valence-corrected chi connectivity index (χ3v) is 8.54. The maximum Gasteiger partial charge on any atom is 0.220 e. The van der Waals surface area contributed by atoms with E-state index in [1.807, 2.05) is 18.2 Å². The van der Waals surface area contributed by atoms with Crippen LogP contribution in [0.5, 0.6) is 5.88 Å². The number of rotatable bonds is 8. The van der Waals surface area contributed by atoms with Gasteiger partial charge >= 0.3 is 0 Å². The molecule has 3 aromatic carbocycles. The number of aliphatic hydroxyl groups excluding tert-OH is 1. The lowest BCUT2D eigenvalue weighted by Crippen LogP contribution is -2.49. The molecule has 0 radical (unpaired) electrons. The molecule has 1 aliphatic heterocycles. The fourth-order valence-electron chi connectivity index (χ4n) is 6.07. The smallest absolute Gasteiger partial charge is 0.220 e. The third-order valence-electron chi connectivity index (χ3n) is 8.04. The first-order chi connectivity index (χ1) is 19.0. The second-order valence-corrected chi connectivity index (χ2v) is 11.6. The van der Waals surface area contributed by atoms with Crippen LogP contribution in [0.15, 0.2) is 77.3 Å². The summed E-state index contributed by atoms with van der Waals surface area (Å²) in [5.74, 6) is 0.558. The quantitative estimate of drug-likeness (QED) is 0.296. The van der Waals surface area contributed by atoms with E-state index in [1.54, 1.807) is 7.11 Å². The van der Waals surface area contributed by atoms with Gasteiger partial charge < -0.3 is 14.6 Å². The van der Waals surface area contributed by atoms with Crippen LogP contribution in [-0.4, -0.2) is 72.4 Å². The second kappa shape index (κ2) is 11.0. The van der Waals surface area contributed by atoms with E-state index in [1.165, 1.54) is 5.56 Å². The third kappa shape index (κ3) is 5.10. The molecule has 0 saturated carbocycles. The molecular formula is C32H34BrN3O3. The highest BCUT2D eigenvalue weighted by Crippen LogP contribution is 2.54. The Morgan fingerprint density at radius 3 is 2.46 bits per heavy atom. The molecule has 7 heteroatoms. The number of hydrogen-bond donors (Lipinski definition) is 1. The van der Waals surface area contributed by atoms with Crippen molar-refractivity contribution < 1.29 is 14.6 Å². The van der Waals surface area contributed by atoms with Gasteiger partial charge in [0.15, 0.2) is 0 Å². The van der Waals surface area contributed by atoms with Crippen LogP contribution < -0.4 is 4.74 Å². The highest BCUT2D eigenvalue weighted by Gasteiger charge is 2.45. The average molecular weight is 589 g/mol. The van der Waals surface area contributed by atoms with Crippen LogP contribution in [0.4, 0.5) is 0 Å². The number of ether oxygens (including phenoxy) is 2. The molecule has 2 atom stereocenters. The summed E-state index contributed by atoms with van der Waals surface area (Å²) in [5, 5.41) is 12.1. The Kier molecular flexibility index (Phi) is 7.44. The van der Waals surface area contributed by atoms with Gasteiger partial charge in [0.05, 0.1) is 30.9 Å². The largest absolute Gasteiger partial charge is 0.481 e. The molecule has 6 rings (SSSR count). The van der Waals surface area contributed by atoms with Crippen LogP contribution in [0, 0.1) is 0 Å². The van der Waals surface area contributed by atoms with Gasteiger partial charge in [-0.05, 0) is 41.8 Å². The monoisotopic (exact) mass is 587 g/mol. The topological polar surface area (TPSA) is 58.1 Å². The van der Waals surface area contributed by atoms with Crippen molar-refractivity contribution in [3.05, 3.63) is 94.0 Å². The van der Waals surface area contributed by atoms with Gasteiger partial charge in [0.2, 0.25) is 5.88 Å². The number of methoxy groups -OCH3 is 1. The van der Waals surface area contributed by atoms with Gasteiger partial charge in [-0.25, -0.2) is 4.98 Å². The van der Waals surface area contributed by atoms with E-state index >= 15 is 0 Å². The number of β-amino-alcohol motifs (C(OH)–C–C–N with tert-alkyl or cyclic N) is 1. The molecule has 2 unspecified atom stereocenters. The Morgan fingerprint density at radius 1 is 0.974 bits per heavy atom.